The molecule has 0 amide bonds. The molecule has 0 aliphatic rings. The van der Waals surface area contributed by atoms with Crippen LogP contribution in [0.3, 0.4) is 0 Å². The van der Waals surface area contributed by atoms with Gasteiger partial charge in [0, 0.05) is 17.5 Å². The number of rotatable bonds is 5. The number of hydrogen-bond donors (Lipinski definition) is 1. The second kappa shape index (κ2) is 6.97. The SMILES string of the molecule is Cc1ccc(-c2nc(CNc3ccc([S@](C)=O)c(F)c3)co2)cc1. The number of nitrogens with zero attached hydrogens (tertiary/aromatic N) is 1. The van der Waals surface area contributed by atoms with Crippen molar-refractivity contribution in [1.82, 2.24) is 4.98 Å². The lowest BCUT2D eigenvalue weighted by atomic mass is 10.1. The van der Waals surface area contributed by atoms with Crippen LogP contribution in [0.4, 0.5) is 10.1 Å². The van der Waals surface area contributed by atoms with Crippen LogP contribution >= 0.6 is 0 Å². The molecule has 0 spiro atoms. The Morgan fingerprint density at radius 1 is 1.21 bits per heavy atom. The fourth-order valence-corrected chi connectivity index (χ4v) is 2.85. The monoisotopic (exact) mass is 344 g/mol. The lowest BCUT2D eigenvalue weighted by Gasteiger charge is -2.06. The summed E-state index contributed by atoms with van der Waals surface area (Å²) >= 11 is 0. The number of nitrogens with one attached hydrogen (secondary N) is 1. The van der Waals surface area contributed by atoms with E-state index in [2.05, 4.69) is 10.3 Å². The molecule has 3 rings (SSSR count). The van der Waals surface area contributed by atoms with Crippen molar-refractivity contribution in [3.05, 3.63) is 65.8 Å². The average Bonchev–Trinajstić information content (AvgIpc) is 3.02. The Balaban J connectivity index is 1.68. The molecule has 124 valence electrons. The molecule has 1 aromatic heterocycles. The summed E-state index contributed by atoms with van der Waals surface area (Å²) in [6.07, 6.45) is 3.03. The van der Waals surface area contributed by atoms with Crippen LogP contribution in [0, 0.1) is 12.7 Å². The highest BCUT2D eigenvalue weighted by Gasteiger charge is 2.09. The zero-order chi connectivity index (χ0) is 17.1. The fraction of sp³-hybridized carbons (Fsp3) is 0.167. The van der Waals surface area contributed by atoms with Gasteiger partial charge in [-0.25, -0.2) is 9.37 Å². The van der Waals surface area contributed by atoms with Crippen molar-refractivity contribution < 1.29 is 13.0 Å². The summed E-state index contributed by atoms with van der Waals surface area (Å²) in [6, 6.07) is 12.5. The second-order valence-electron chi connectivity index (χ2n) is 5.46. The topological polar surface area (TPSA) is 55.1 Å². The average molecular weight is 344 g/mol. The molecule has 0 saturated carbocycles. The van der Waals surface area contributed by atoms with E-state index in [9.17, 15) is 8.60 Å². The number of hydrogen-bond acceptors (Lipinski definition) is 4. The molecule has 6 heteroatoms. The van der Waals surface area contributed by atoms with E-state index in [-0.39, 0.29) is 4.90 Å². The molecular formula is C18H17FN2O2S. The summed E-state index contributed by atoms with van der Waals surface area (Å²) < 4.78 is 30.6. The van der Waals surface area contributed by atoms with Gasteiger partial charge in [0.1, 0.15) is 12.1 Å². The molecule has 2 aromatic carbocycles. The minimum absolute atomic E-state index is 0.198. The van der Waals surface area contributed by atoms with E-state index in [1.54, 1.807) is 12.3 Å². The van der Waals surface area contributed by atoms with E-state index in [4.69, 9.17) is 4.42 Å². The summed E-state index contributed by atoms with van der Waals surface area (Å²) in [5, 5.41) is 3.08. The van der Waals surface area contributed by atoms with Gasteiger partial charge in [-0.2, -0.15) is 0 Å². The van der Waals surface area contributed by atoms with E-state index >= 15 is 0 Å². The van der Waals surface area contributed by atoms with Crippen molar-refractivity contribution in [3.63, 3.8) is 0 Å². The molecule has 24 heavy (non-hydrogen) atoms. The quantitative estimate of drug-likeness (QED) is 0.756. The number of aryl methyl sites for hydroxylation is 1. The molecule has 4 nitrogen and oxygen atoms in total. The molecule has 0 radical (unpaired) electrons. The molecule has 0 fully saturated rings. The predicted molar refractivity (Wildman–Crippen MR) is 92.7 cm³/mol. The Morgan fingerprint density at radius 2 is 1.96 bits per heavy atom. The van der Waals surface area contributed by atoms with Gasteiger partial charge in [0.05, 0.1) is 27.9 Å². The smallest absolute Gasteiger partial charge is 0.226 e. The normalized spacial score (nSPS) is 12.1. The minimum Gasteiger partial charge on any atom is -0.444 e. The Hall–Kier alpha value is -2.47. The van der Waals surface area contributed by atoms with E-state index in [0.717, 1.165) is 5.56 Å². The maximum Gasteiger partial charge on any atom is 0.226 e. The van der Waals surface area contributed by atoms with Crippen LogP contribution in [0.15, 0.2) is 58.0 Å². The highest BCUT2D eigenvalue weighted by atomic mass is 32.2. The Labute approximate surface area is 142 Å². The minimum atomic E-state index is -1.34. The van der Waals surface area contributed by atoms with Crippen LogP contribution in [0.1, 0.15) is 11.3 Å². The van der Waals surface area contributed by atoms with Crippen LogP contribution in [0.5, 0.6) is 0 Å². The van der Waals surface area contributed by atoms with Gasteiger partial charge in [0.15, 0.2) is 0 Å². The van der Waals surface area contributed by atoms with Crippen LogP contribution in [-0.4, -0.2) is 15.4 Å². The molecule has 0 aliphatic carbocycles. The van der Waals surface area contributed by atoms with Gasteiger partial charge in [0.2, 0.25) is 5.89 Å². The number of anilines is 1. The summed E-state index contributed by atoms with van der Waals surface area (Å²) in [5.74, 6) is 0.0658. The Kier molecular flexibility index (Phi) is 4.76. The van der Waals surface area contributed by atoms with Crippen molar-refractivity contribution in [2.24, 2.45) is 0 Å². The molecule has 1 atom stereocenters. The fourth-order valence-electron chi connectivity index (χ4n) is 2.25. The molecule has 0 unspecified atom stereocenters. The highest BCUT2D eigenvalue weighted by Crippen LogP contribution is 2.21. The zero-order valence-electron chi connectivity index (χ0n) is 13.4. The number of aromatic nitrogens is 1. The number of halogens is 1. The first kappa shape index (κ1) is 16.4. The van der Waals surface area contributed by atoms with E-state index in [0.29, 0.717) is 23.8 Å². The third-order valence-electron chi connectivity index (χ3n) is 3.57. The lowest BCUT2D eigenvalue weighted by molar-refractivity contribution is 0.573. The van der Waals surface area contributed by atoms with Crippen molar-refractivity contribution in [2.75, 3.05) is 11.6 Å². The van der Waals surface area contributed by atoms with Crippen LogP contribution in [-0.2, 0) is 17.3 Å². The van der Waals surface area contributed by atoms with Crippen molar-refractivity contribution in [2.45, 2.75) is 18.4 Å². The molecule has 3 aromatic rings. The van der Waals surface area contributed by atoms with Gasteiger partial charge in [-0.3, -0.25) is 4.21 Å². The first-order chi connectivity index (χ1) is 11.5. The summed E-state index contributed by atoms with van der Waals surface area (Å²) in [7, 11) is -1.34. The van der Waals surface area contributed by atoms with Crippen LogP contribution in [0.25, 0.3) is 11.5 Å². The molecule has 0 bridgehead atoms. The van der Waals surface area contributed by atoms with Gasteiger partial charge in [-0.15, -0.1) is 0 Å². The molecule has 1 heterocycles. The van der Waals surface area contributed by atoms with E-state index in [1.807, 2.05) is 31.2 Å². The largest absolute Gasteiger partial charge is 0.444 e. The maximum atomic E-state index is 13.8. The van der Waals surface area contributed by atoms with Crippen LogP contribution < -0.4 is 5.32 Å². The van der Waals surface area contributed by atoms with Crippen molar-refractivity contribution >= 4 is 16.5 Å². The third-order valence-corrected chi connectivity index (χ3v) is 4.52. The summed E-state index contributed by atoms with van der Waals surface area (Å²) in [4.78, 5) is 4.62. The molecule has 1 N–H and O–H groups in total. The first-order valence-electron chi connectivity index (χ1n) is 7.41. The van der Waals surface area contributed by atoms with Gasteiger partial charge in [0.25, 0.3) is 0 Å². The second-order valence-corrected chi connectivity index (χ2v) is 6.81. The Bertz CT molecular complexity index is 875. The summed E-state index contributed by atoms with van der Waals surface area (Å²) in [5.41, 5.74) is 3.40. The molecule has 0 saturated heterocycles. The van der Waals surface area contributed by atoms with E-state index in [1.165, 1.54) is 24.0 Å². The van der Waals surface area contributed by atoms with Crippen LogP contribution in [0.2, 0.25) is 0 Å². The van der Waals surface area contributed by atoms with Gasteiger partial charge in [-0.1, -0.05) is 17.7 Å². The molecule has 0 aliphatic heterocycles. The van der Waals surface area contributed by atoms with E-state index < -0.39 is 16.6 Å². The number of benzene rings is 2. The summed E-state index contributed by atoms with van der Waals surface area (Å²) in [6.45, 7) is 2.43. The lowest BCUT2D eigenvalue weighted by Crippen LogP contribution is -2.01. The zero-order valence-corrected chi connectivity index (χ0v) is 14.2. The standard InChI is InChI=1S/C18H17FN2O2S/c1-12-3-5-13(6-4-12)18-21-15(11-23-18)10-20-14-7-8-17(24(2)22)16(19)9-14/h3-9,11,20H,10H2,1-2H3/t24-/m0/s1. The molecular weight excluding hydrogens is 327 g/mol. The predicted octanol–water partition coefficient (Wildman–Crippen LogP) is 4.14. The maximum absolute atomic E-state index is 13.8. The van der Waals surface area contributed by atoms with Crippen molar-refractivity contribution in [3.8, 4) is 11.5 Å². The van der Waals surface area contributed by atoms with Gasteiger partial charge < -0.3 is 9.73 Å². The highest BCUT2D eigenvalue weighted by molar-refractivity contribution is 7.84. The van der Waals surface area contributed by atoms with Gasteiger partial charge >= 0.3 is 0 Å². The first-order valence-corrected chi connectivity index (χ1v) is 8.97. The number of oxazole rings is 1. The Morgan fingerprint density at radius 3 is 2.62 bits per heavy atom. The van der Waals surface area contributed by atoms with Gasteiger partial charge in [-0.05, 0) is 37.3 Å². The third kappa shape index (κ3) is 3.71. The van der Waals surface area contributed by atoms with Crippen molar-refractivity contribution in [1.29, 1.82) is 0 Å².